The number of nitrogens with zero attached hydrogens (tertiary/aromatic N) is 1. The molecule has 0 unspecified atom stereocenters. The van der Waals surface area contributed by atoms with Gasteiger partial charge in [-0.05, 0) is 36.6 Å². The van der Waals surface area contributed by atoms with E-state index >= 15 is 0 Å². The Morgan fingerprint density at radius 2 is 2.27 bits per heavy atom. The Labute approximate surface area is 137 Å². The van der Waals surface area contributed by atoms with E-state index in [1.807, 2.05) is 18.2 Å². The Bertz CT molecular complexity index is 511. The average molecular weight is 326 g/mol. The van der Waals surface area contributed by atoms with Gasteiger partial charge in [0.1, 0.15) is 5.75 Å². The molecule has 0 aromatic heterocycles. The number of aliphatic hydroxyl groups is 1. The Hall–Kier alpha value is -0.810. The molecular formula is C17H24ClNO3. The summed E-state index contributed by atoms with van der Waals surface area (Å²) in [4.78, 5) is 2.41. The summed E-state index contributed by atoms with van der Waals surface area (Å²) in [5.41, 5.74) is 1.07. The molecule has 1 aliphatic carbocycles. The summed E-state index contributed by atoms with van der Waals surface area (Å²) in [6, 6.07) is 6.03. The lowest BCUT2D eigenvalue weighted by atomic mass is 9.94. The summed E-state index contributed by atoms with van der Waals surface area (Å²) in [6.45, 7) is 3.08. The fourth-order valence-corrected chi connectivity index (χ4v) is 3.86. The quantitative estimate of drug-likeness (QED) is 0.924. The second kappa shape index (κ2) is 7.18. The van der Waals surface area contributed by atoms with E-state index in [0.29, 0.717) is 12.5 Å². The van der Waals surface area contributed by atoms with Gasteiger partial charge in [0.15, 0.2) is 0 Å². The van der Waals surface area contributed by atoms with Gasteiger partial charge in [-0.1, -0.05) is 18.0 Å². The Morgan fingerprint density at radius 3 is 3.00 bits per heavy atom. The molecule has 1 saturated heterocycles. The molecule has 4 nitrogen and oxygen atoms in total. The standard InChI is InChI=1S/C17H24ClNO3/c1-21-13-5-6-15(18)12(9-13)10-19-7-8-22-11-16(19)14-3-2-4-17(14)20/h5-6,9,14,16-17,20H,2-4,7-8,10-11H2,1H3/t14-,16-,17-/m1/s1. The van der Waals surface area contributed by atoms with E-state index in [0.717, 1.165) is 55.3 Å². The minimum Gasteiger partial charge on any atom is -0.497 e. The number of benzene rings is 1. The van der Waals surface area contributed by atoms with Crippen LogP contribution in [-0.2, 0) is 11.3 Å². The van der Waals surface area contributed by atoms with Gasteiger partial charge in [-0.2, -0.15) is 0 Å². The predicted molar refractivity (Wildman–Crippen MR) is 86.4 cm³/mol. The third-order valence-corrected chi connectivity index (χ3v) is 5.30. The highest BCUT2D eigenvalue weighted by Gasteiger charge is 2.37. The largest absolute Gasteiger partial charge is 0.497 e. The maximum atomic E-state index is 10.2. The van der Waals surface area contributed by atoms with E-state index in [2.05, 4.69) is 4.90 Å². The molecule has 3 rings (SSSR count). The average Bonchev–Trinajstić information content (AvgIpc) is 2.96. The van der Waals surface area contributed by atoms with Gasteiger partial charge in [-0.15, -0.1) is 0 Å². The van der Waals surface area contributed by atoms with Crippen LogP contribution in [0.25, 0.3) is 0 Å². The third kappa shape index (κ3) is 3.40. The van der Waals surface area contributed by atoms with Crippen molar-refractivity contribution in [2.75, 3.05) is 26.9 Å². The van der Waals surface area contributed by atoms with Crippen LogP contribution in [0.1, 0.15) is 24.8 Å². The number of aliphatic hydroxyl groups excluding tert-OH is 1. The van der Waals surface area contributed by atoms with E-state index in [1.54, 1.807) is 7.11 Å². The first-order valence-electron chi connectivity index (χ1n) is 8.01. The van der Waals surface area contributed by atoms with Crippen molar-refractivity contribution in [1.29, 1.82) is 0 Å². The van der Waals surface area contributed by atoms with E-state index in [9.17, 15) is 5.11 Å². The van der Waals surface area contributed by atoms with Crippen LogP contribution in [0.15, 0.2) is 18.2 Å². The van der Waals surface area contributed by atoms with E-state index < -0.39 is 0 Å². The maximum Gasteiger partial charge on any atom is 0.119 e. The summed E-state index contributed by atoms with van der Waals surface area (Å²) in [5.74, 6) is 1.13. The molecule has 122 valence electrons. The first-order chi connectivity index (χ1) is 10.7. The second-order valence-corrected chi connectivity index (χ2v) is 6.64. The molecule has 1 aliphatic heterocycles. The molecule has 1 heterocycles. The van der Waals surface area contributed by atoms with Crippen molar-refractivity contribution in [2.24, 2.45) is 5.92 Å². The van der Waals surface area contributed by atoms with Gasteiger partial charge in [-0.3, -0.25) is 4.90 Å². The summed E-state index contributed by atoms with van der Waals surface area (Å²) in [7, 11) is 1.67. The number of rotatable bonds is 4. The zero-order valence-corrected chi connectivity index (χ0v) is 13.8. The highest BCUT2D eigenvalue weighted by Crippen LogP contribution is 2.33. The lowest BCUT2D eigenvalue weighted by molar-refractivity contribution is -0.0536. The molecule has 2 fully saturated rings. The van der Waals surface area contributed by atoms with Crippen LogP contribution in [0.5, 0.6) is 5.75 Å². The molecule has 0 bridgehead atoms. The van der Waals surface area contributed by atoms with Crippen molar-refractivity contribution in [3.8, 4) is 5.75 Å². The summed E-state index contributed by atoms with van der Waals surface area (Å²) < 4.78 is 11.0. The molecule has 5 heteroatoms. The summed E-state index contributed by atoms with van der Waals surface area (Å²) in [5, 5.41) is 11.0. The van der Waals surface area contributed by atoms with Crippen LogP contribution in [0.4, 0.5) is 0 Å². The van der Waals surface area contributed by atoms with Crippen molar-refractivity contribution in [3.63, 3.8) is 0 Å². The van der Waals surface area contributed by atoms with E-state index in [-0.39, 0.29) is 12.1 Å². The monoisotopic (exact) mass is 325 g/mol. The Balaban J connectivity index is 1.76. The smallest absolute Gasteiger partial charge is 0.119 e. The number of hydrogen-bond acceptors (Lipinski definition) is 4. The van der Waals surface area contributed by atoms with Crippen molar-refractivity contribution >= 4 is 11.6 Å². The highest BCUT2D eigenvalue weighted by atomic mass is 35.5. The van der Waals surface area contributed by atoms with Crippen molar-refractivity contribution in [3.05, 3.63) is 28.8 Å². The zero-order valence-electron chi connectivity index (χ0n) is 13.0. The van der Waals surface area contributed by atoms with Crippen molar-refractivity contribution in [2.45, 2.75) is 38.0 Å². The fourth-order valence-electron chi connectivity index (χ4n) is 3.68. The van der Waals surface area contributed by atoms with Crippen LogP contribution < -0.4 is 4.74 Å². The van der Waals surface area contributed by atoms with Crippen LogP contribution >= 0.6 is 11.6 Å². The molecule has 0 spiro atoms. The molecular weight excluding hydrogens is 302 g/mol. The van der Waals surface area contributed by atoms with Crippen molar-refractivity contribution < 1.29 is 14.6 Å². The number of halogens is 1. The SMILES string of the molecule is COc1ccc(Cl)c(CN2CCOC[C@@H]2[C@H]2CCC[C@H]2O)c1. The molecule has 3 atom stereocenters. The van der Waals surface area contributed by atoms with Crippen LogP contribution in [0.2, 0.25) is 5.02 Å². The summed E-state index contributed by atoms with van der Waals surface area (Å²) in [6.07, 6.45) is 2.90. The first kappa shape index (κ1) is 16.1. The van der Waals surface area contributed by atoms with Crippen LogP contribution in [0.3, 0.4) is 0 Å². The number of morpholine rings is 1. The second-order valence-electron chi connectivity index (χ2n) is 6.23. The molecule has 1 saturated carbocycles. The fraction of sp³-hybridized carbons (Fsp3) is 0.647. The van der Waals surface area contributed by atoms with Gasteiger partial charge in [0.2, 0.25) is 0 Å². The lowest BCUT2D eigenvalue weighted by Gasteiger charge is -2.40. The Kier molecular flexibility index (Phi) is 5.24. The number of ether oxygens (including phenoxy) is 2. The molecule has 1 aromatic carbocycles. The predicted octanol–water partition coefficient (Wildman–Crippen LogP) is 2.71. The van der Waals surface area contributed by atoms with Crippen LogP contribution in [0, 0.1) is 5.92 Å². The topological polar surface area (TPSA) is 41.9 Å². The van der Waals surface area contributed by atoms with Gasteiger partial charge in [0, 0.05) is 30.1 Å². The van der Waals surface area contributed by atoms with Crippen LogP contribution in [-0.4, -0.2) is 49.0 Å². The summed E-state index contributed by atoms with van der Waals surface area (Å²) >= 11 is 6.35. The van der Waals surface area contributed by atoms with Crippen molar-refractivity contribution in [1.82, 2.24) is 4.90 Å². The van der Waals surface area contributed by atoms with Gasteiger partial charge in [0.25, 0.3) is 0 Å². The Morgan fingerprint density at radius 1 is 1.41 bits per heavy atom. The van der Waals surface area contributed by atoms with E-state index in [1.165, 1.54) is 0 Å². The molecule has 1 N–H and O–H groups in total. The normalized spacial score (nSPS) is 29.7. The zero-order chi connectivity index (χ0) is 15.5. The molecule has 1 aromatic rings. The highest BCUT2D eigenvalue weighted by molar-refractivity contribution is 6.31. The molecule has 22 heavy (non-hydrogen) atoms. The minimum absolute atomic E-state index is 0.199. The van der Waals surface area contributed by atoms with Gasteiger partial charge in [0.05, 0.1) is 26.4 Å². The number of methoxy groups -OCH3 is 1. The minimum atomic E-state index is -0.199. The molecule has 2 aliphatic rings. The maximum absolute atomic E-state index is 10.2. The number of hydrogen-bond donors (Lipinski definition) is 1. The van der Waals surface area contributed by atoms with Gasteiger partial charge >= 0.3 is 0 Å². The molecule has 0 radical (unpaired) electrons. The van der Waals surface area contributed by atoms with Gasteiger partial charge < -0.3 is 14.6 Å². The molecule has 0 amide bonds. The third-order valence-electron chi connectivity index (χ3n) is 4.93. The van der Waals surface area contributed by atoms with Gasteiger partial charge in [-0.25, -0.2) is 0 Å². The first-order valence-corrected chi connectivity index (χ1v) is 8.39. The lowest BCUT2D eigenvalue weighted by Crippen LogP contribution is -2.50. The van der Waals surface area contributed by atoms with E-state index in [4.69, 9.17) is 21.1 Å².